The van der Waals surface area contributed by atoms with Crippen molar-refractivity contribution < 1.29 is 31.9 Å². The Morgan fingerprint density at radius 1 is 1.03 bits per heavy atom. The number of nitrogens with one attached hydrogen (secondary N) is 1. The predicted molar refractivity (Wildman–Crippen MR) is 116 cm³/mol. The number of furan rings is 1. The second-order valence-corrected chi connectivity index (χ2v) is 8.32. The van der Waals surface area contributed by atoms with Crippen molar-refractivity contribution in [3.8, 4) is 0 Å². The normalized spacial score (nSPS) is 12.4. The van der Waals surface area contributed by atoms with E-state index in [1.165, 1.54) is 31.6 Å². The van der Waals surface area contributed by atoms with E-state index in [0.29, 0.717) is 16.9 Å². The maximum absolute atomic E-state index is 12.4. The molecule has 32 heavy (non-hydrogen) atoms. The molecule has 1 aromatic heterocycles. The lowest BCUT2D eigenvalue weighted by Crippen LogP contribution is -2.22. The van der Waals surface area contributed by atoms with Crippen LogP contribution in [0.2, 0.25) is 0 Å². The molecule has 1 unspecified atom stereocenters. The van der Waals surface area contributed by atoms with Gasteiger partial charge in [-0.1, -0.05) is 42.5 Å². The molecular formula is C23H21NO7S. The zero-order chi connectivity index (χ0) is 23.0. The highest BCUT2D eigenvalue weighted by atomic mass is 32.2. The summed E-state index contributed by atoms with van der Waals surface area (Å²) >= 11 is 0. The Labute approximate surface area is 185 Å². The van der Waals surface area contributed by atoms with E-state index in [0.717, 1.165) is 6.08 Å². The lowest BCUT2D eigenvalue weighted by molar-refractivity contribution is -0.163. The Kier molecular flexibility index (Phi) is 7.58. The molecule has 0 aliphatic heterocycles. The second kappa shape index (κ2) is 10.6. The average molecular weight is 455 g/mol. The van der Waals surface area contributed by atoms with Crippen LogP contribution in [0.3, 0.4) is 0 Å². The lowest BCUT2D eigenvalue weighted by atomic mass is 10.1. The molecule has 0 radical (unpaired) electrons. The largest absolute Gasteiger partial charge is 0.468 e. The van der Waals surface area contributed by atoms with Gasteiger partial charge >= 0.3 is 11.9 Å². The monoisotopic (exact) mass is 455 g/mol. The van der Waals surface area contributed by atoms with E-state index in [4.69, 9.17) is 13.9 Å². The van der Waals surface area contributed by atoms with Gasteiger partial charge in [-0.25, -0.2) is 22.7 Å². The number of rotatable bonds is 9. The molecule has 9 heteroatoms. The number of hydrogen-bond acceptors (Lipinski definition) is 7. The van der Waals surface area contributed by atoms with Crippen LogP contribution in [-0.2, 0) is 35.6 Å². The summed E-state index contributed by atoms with van der Waals surface area (Å²) in [6.45, 7) is 0.0333. The van der Waals surface area contributed by atoms with Crippen LogP contribution in [0.1, 0.15) is 23.0 Å². The second-order valence-electron chi connectivity index (χ2n) is 6.56. The van der Waals surface area contributed by atoms with E-state index in [9.17, 15) is 18.0 Å². The van der Waals surface area contributed by atoms with Crippen LogP contribution in [0.5, 0.6) is 0 Å². The van der Waals surface area contributed by atoms with Crippen molar-refractivity contribution in [1.29, 1.82) is 0 Å². The van der Waals surface area contributed by atoms with Gasteiger partial charge in [-0.3, -0.25) is 0 Å². The number of sulfonamides is 1. The molecule has 0 fully saturated rings. The van der Waals surface area contributed by atoms with Crippen LogP contribution in [0, 0.1) is 0 Å². The van der Waals surface area contributed by atoms with Crippen LogP contribution >= 0.6 is 0 Å². The third-order valence-corrected chi connectivity index (χ3v) is 5.79. The number of ether oxygens (including phenoxy) is 2. The molecule has 0 spiro atoms. The fourth-order valence-corrected chi connectivity index (χ4v) is 3.72. The van der Waals surface area contributed by atoms with Crippen molar-refractivity contribution in [2.75, 3.05) is 7.11 Å². The SMILES string of the molecule is COC(=O)C(OC(=O)/C=C/c1ccc(S(=O)(=O)NCc2ccco2)cc1)c1ccccc1. The lowest BCUT2D eigenvalue weighted by Gasteiger charge is -2.14. The third kappa shape index (κ3) is 6.16. The Balaban J connectivity index is 1.63. The summed E-state index contributed by atoms with van der Waals surface area (Å²) in [6, 6.07) is 17.8. The van der Waals surface area contributed by atoms with Gasteiger partial charge in [0.1, 0.15) is 5.76 Å². The fraction of sp³-hybridized carbons (Fsp3) is 0.130. The first kappa shape index (κ1) is 23.0. The predicted octanol–water partition coefficient (Wildman–Crippen LogP) is 3.23. The molecule has 0 amide bonds. The fourth-order valence-electron chi connectivity index (χ4n) is 2.73. The number of methoxy groups -OCH3 is 1. The third-order valence-electron chi connectivity index (χ3n) is 4.37. The minimum Gasteiger partial charge on any atom is -0.468 e. The van der Waals surface area contributed by atoms with Crippen molar-refractivity contribution in [3.63, 3.8) is 0 Å². The highest BCUT2D eigenvalue weighted by molar-refractivity contribution is 7.89. The molecule has 3 rings (SSSR count). The average Bonchev–Trinajstić information content (AvgIpc) is 3.34. The van der Waals surface area contributed by atoms with Gasteiger partial charge in [0, 0.05) is 11.6 Å². The quantitative estimate of drug-likeness (QED) is 0.389. The van der Waals surface area contributed by atoms with Crippen LogP contribution in [-0.4, -0.2) is 27.5 Å². The molecule has 8 nitrogen and oxygen atoms in total. The molecule has 0 aliphatic rings. The van der Waals surface area contributed by atoms with Gasteiger partial charge in [-0.05, 0) is 35.9 Å². The van der Waals surface area contributed by atoms with Gasteiger partial charge < -0.3 is 13.9 Å². The van der Waals surface area contributed by atoms with Gasteiger partial charge in [-0.2, -0.15) is 0 Å². The van der Waals surface area contributed by atoms with Crippen molar-refractivity contribution in [1.82, 2.24) is 4.72 Å². The summed E-state index contributed by atoms with van der Waals surface area (Å²) < 4.78 is 42.2. The van der Waals surface area contributed by atoms with Gasteiger partial charge in [-0.15, -0.1) is 0 Å². The van der Waals surface area contributed by atoms with Gasteiger partial charge in [0.15, 0.2) is 0 Å². The molecule has 0 bridgehead atoms. The minimum absolute atomic E-state index is 0.0333. The molecule has 166 valence electrons. The zero-order valence-corrected chi connectivity index (χ0v) is 17.9. The van der Waals surface area contributed by atoms with Gasteiger partial charge in [0.25, 0.3) is 0 Å². The van der Waals surface area contributed by atoms with Crippen molar-refractivity contribution in [3.05, 3.63) is 96.0 Å². The molecule has 1 heterocycles. The topological polar surface area (TPSA) is 112 Å². The molecule has 0 saturated heterocycles. The Morgan fingerprint density at radius 3 is 2.38 bits per heavy atom. The first-order chi connectivity index (χ1) is 15.4. The molecular weight excluding hydrogens is 434 g/mol. The van der Waals surface area contributed by atoms with E-state index >= 15 is 0 Å². The summed E-state index contributed by atoms with van der Waals surface area (Å²) in [7, 11) is -2.51. The number of hydrogen-bond donors (Lipinski definition) is 1. The van der Waals surface area contributed by atoms with Crippen LogP contribution < -0.4 is 4.72 Å². The van der Waals surface area contributed by atoms with E-state index in [2.05, 4.69) is 4.72 Å². The maximum atomic E-state index is 12.4. The summed E-state index contributed by atoms with van der Waals surface area (Å²) in [5.41, 5.74) is 1.05. The molecule has 0 aliphatic carbocycles. The molecule has 1 atom stereocenters. The van der Waals surface area contributed by atoms with Crippen LogP contribution in [0.4, 0.5) is 0 Å². The first-order valence-electron chi connectivity index (χ1n) is 9.52. The standard InChI is InChI=1S/C23H21NO7S/c1-29-23(26)22(18-6-3-2-4-7-18)31-21(25)14-11-17-9-12-20(13-10-17)32(27,28)24-16-19-8-5-15-30-19/h2-15,22,24H,16H2,1H3/b14-11+. The van der Waals surface area contributed by atoms with Crippen LogP contribution in [0.25, 0.3) is 6.08 Å². The van der Waals surface area contributed by atoms with Crippen molar-refractivity contribution in [2.45, 2.75) is 17.5 Å². The molecule has 2 aromatic carbocycles. The number of benzene rings is 2. The molecule has 3 aromatic rings. The van der Waals surface area contributed by atoms with Crippen LogP contribution in [0.15, 0.2) is 88.4 Å². The highest BCUT2D eigenvalue weighted by Gasteiger charge is 2.24. The molecule has 1 N–H and O–H groups in total. The van der Waals surface area contributed by atoms with E-state index in [-0.39, 0.29) is 11.4 Å². The van der Waals surface area contributed by atoms with E-state index in [1.54, 1.807) is 54.6 Å². The Morgan fingerprint density at radius 2 is 1.75 bits per heavy atom. The van der Waals surface area contributed by atoms with Crippen molar-refractivity contribution in [2.24, 2.45) is 0 Å². The van der Waals surface area contributed by atoms with Crippen molar-refractivity contribution >= 4 is 28.0 Å². The maximum Gasteiger partial charge on any atom is 0.351 e. The smallest absolute Gasteiger partial charge is 0.351 e. The number of carbonyl (C=O) groups excluding carboxylic acids is 2. The van der Waals surface area contributed by atoms with E-state index < -0.39 is 28.1 Å². The summed E-state index contributed by atoms with van der Waals surface area (Å²) in [5.74, 6) is -0.956. The highest BCUT2D eigenvalue weighted by Crippen LogP contribution is 2.19. The molecule has 0 saturated carbocycles. The van der Waals surface area contributed by atoms with E-state index in [1.807, 2.05) is 0 Å². The number of carbonyl (C=O) groups is 2. The Bertz CT molecular complexity index is 1170. The number of esters is 2. The van der Waals surface area contributed by atoms with Gasteiger partial charge in [0.05, 0.1) is 24.8 Å². The zero-order valence-electron chi connectivity index (χ0n) is 17.1. The summed E-state index contributed by atoms with van der Waals surface area (Å²) in [5, 5.41) is 0. The van der Waals surface area contributed by atoms with Gasteiger partial charge in [0.2, 0.25) is 16.1 Å². The Hall–Kier alpha value is -3.69. The summed E-state index contributed by atoms with van der Waals surface area (Å²) in [4.78, 5) is 24.3. The summed E-state index contributed by atoms with van der Waals surface area (Å²) in [6.07, 6.45) is 2.88. The first-order valence-corrected chi connectivity index (χ1v) is 11.0. The minimum atomic E-state index is -3.72.